The Morgan fingerprint density at radius 1 is 1.20 bits per heavy atom. The fraction of sp³-hybridized carbons (Fsp3) is 0.222. The summed E-state index contributed by atoms with van der Waals surface area (Å²) in [5.41, 5.74) is 2.18. The van der Waals surface area contributed by atoms with E-state index in [-0.39, 0.29) is 11.4 Å². The van der Waals surface area contributed by atoms with Crippen LogP contribution in [0.3, 0.4) is 0 Å². The fourth-order valence-corrected chi connectivity index (χ4v) is 4.12. The predicted molar refractivity (Wildman–Crippen MR) is 94.6 cm³/mol. The molecule has 0 unspecified atom stereocenters. The number of ether oxygens (including phenoxy) is 1. The summed E-state index contributed by atoms with van der Waals surface area (Å²) >= 11 is 0. The third kappa shape index (κ3) is 3.38. The summed E-state index contributed by atoms with van der Waals surface area (Å²) in [5, 5.41) is 0.917. The summed E-state index contributed by atoms with van der Waals surface area (Å²) < 4.78 is 48.0. The summed E-state index contributed by atoms with van der Waals surface area (Å²) in [5.74, 6) is 0.245. The molecule has 0 radical (unpaired) electrons. The summed E-state index contributed by atoms with van der Waals surface area (Å²) in [6, 6.07) is 9.29. The van der Waals surface area contributed by atoms with Crippen molar-refractivity contribution in [3.63, 3.8) is 0 Å². The minimum absolute atomic E-state index is 0.0757. The lowest BCUT2D eigenvalue weighted by atomic mass is 10.1. The van der Waals surface area contributed by atoms with Gasteiger partial charge in [-0.1, -0.05) is 0 Å². The molecule has 0 amide bonds. The molecular formula is C18H19FN2O3S. The SMILES string of the molecule is COc1ccc2c(c1)c(CNS(=O)(=O)c1ccc(F)cc1C)cn2C. The quantitative estimate of drug-likeness (QED) is 0.759. The van der Waals surface area contributed by atoms with E-state index in [0.29, 0.717) is 11.3 Å². The number of benzene rings is 2. The normalized spacial score (nSPS) is 11.8. The molecule has 2 aromatic carbocycles. The highest BCUT2D eigenvalue weighted by Gasteiger charge is 2.18. The number of nitrogens with one attached hydrogen (secondary N) is 1. The van der Waals surface area contributed by atoms with E-state index in [1.54, 1.807) is 14.0 Å². The van der Waals surface area contributed by atoms with Gasteiger partial charge in [-0.15, -0.1) is 0 Å². The minimum atomic E-state index is -3.74. The van der Waals surface area contributed by atoms with Crippen molar-refractivity contribution in [2.75, 3.05) is 7.11 Å². The Bertz CT molecular complexity index is 1040. The zero-order valence-corrected chi connectivity index (χ0v) is 15.0. The van der Waals surface area contributed by atoms with Gasteiger partial charge in [0, 0.05) is 30.7 Å². The van der Waals surface area contributed by atoms with Gasteiger partial charge in [0.15, 0.2) is 0 Å². The maximum Gasteiger partial charge on any atom is 0.241 e. The Morgan fingerprint density at radius 3 is 2.64 bits per heavy atom. The molecule has 1 N–H and O–H groups in total. The number of fused-ring (bicyclic) bond motifs is 1. The van der Waals surface area contributed by atoms with E-state index in [0.717, 1.165) is 22.5 Å². The third-order valence-corrected chi connectivity index (χ3v) is 5.72. The average Bonchev–Trinajstić information content (AvgIpc) is 2.88. The maximum atomic E-state index is 13.2. The van der Waals surface area contributed by atoms with Crippen molar-refractivity contribution in [1.82, 2.24) is 9.29 Å². The van der Waals surface area contributed by atoms with Crippen LogP contribution in [0.4, 0.5) is 4.39 Å². The van der Waals surface area contributed by atoms with Crippen molar-refractivity contribution in [3.8, 4) is 5.75 Å². The Labute approximate surface area is 146 Å². The number of rotatable bonds is 5. The summed E-state index contributed by atoms with van der Waals surface area (Å²) in [6.45, 7) is 1.70. The molecule has 25 heavy (non-hydrogen) atoms. The lowest BCUT2D eigenvalue weighted by molar-refractivity contribution is 0.415. The number of hydrogen-bond donors (Lipinski definition) is 1. The third-order valence-electron chi connectivity index (χ3n) is 4.16. The molecular weight excluding hydrogens is 343 g/mol. The first kappa shape index (κ1) is 17.4. The molecule has 0 aliphatic rings. The van der Waals surface area contributed by atoms with Crippen molar-refractivity contribution in [2.45, 2.75) is 18.4 Å². The second kappa shape index (κ2) is 6.50. The van der Waals surface area contributed by atoms with Crippen LogP contribution < -0.4 is 9.46 Å². The summed E-state index contributed by atoms with van der Waals surface area (Å²) in [4.78, 5) is 0.0757. The summed E-state index contributed by atoms with van der Waals surface area (Å²) in [7, 11) is -0.251. The highest BCUT2D eigenvalue weighted by Crippen LogP contribution is 2.26. The molecule has 3 aromatic rings. The van der Waals surface area contributed by atoms with Crippen molar-refractivity contribution < 1.29 is 17.5 Å². The molecule has 0 aliphatic heterocycles. The van der Waals surface area contributed by atoms with Crippen LogP contribution in [0.1, 0.15) is 11.1 Å². The smallest absolute Gasteiger partial charge is 0.241 e. The predicted octanol–water partition coefficient (Wildman–Crippen LogP) is 3.11. The first-order valence-corrected chi connectivity index (χ1v) is 9.18. The van der Waals surface area contributed by atoms with E-state index in [1.807, 2.05) is 36.0 Å². The molecule has 7 heteroatoms. The molecule has 1 heterocycles. The number of sulfonamides is 1. The van der Waals surface area contributed by atoms with Gasteiger partial charge in [0.05, 0.1) is 12.0 Å². The van der Waals surface area contributed by atoms with Crippen molar-refractivity contribution >= 4 is 20.9 Å². The highest BCUT2D eigenvalue weighted by molar-refractivity contribution is 7.89. The molecule has 0 saturated carbocycles. The van der Waals surface area contributed by atoms with Gasteiger partial charge in [0.1, 0.15) is 11.6 Å². The van der Waals surface area contributed by atoms with Crippen LogP contribution in [0.25, 0.3) is 10.9 Å². The van der Waals surface area contributed by atoms with Crippen LogP contribution in [-0.2, 0) is 23.6 Å². The zero-order chi connectivity index (χ0) is 18.2. The van der Waals surface area contributed by atoms with Gasteiger partial charge in [0.25, 0.3) is 0 Å². The maximum absolute atomic E-state index is 13.2. The van der Waals surface area contributed by atoms with Crippen molar-refractivity contribution in [2.24, 2.45) is 7.05 Å². The second-order valence-electron chi connectivity index (χ2n) is 5.88. The van der Waals surface area contributed by atoms with Gasteiger partial charge in [0.2, 0.25) is 10.0 Å². The molecule has 3 rings (SSSR count). The molecule has 0 saturated heterocycles. The van der Waals surface area contributed by atoms with E-state index in [2.05, 4.69) is 4.72 Å². The number of aromatic nitrogens is 1. The van der Waals surface area contributed by atoms with Crippen LogP contribution in [0, 0.1) is 12.7 Å². The van der Waals surface area contributed by atoms with Gasteiger partial charge < -0.3 is 9.30 Å². The van der Waals surface area contributed by atoms with Crippen LogP contribution in [-0.4, -0.2) is 20.1 Å². The zero-order valence-electron chi connectivity index (χ0n) is 14.2. The first-order valence-electron chi connectivity index (χ1n) is 7.69. The molecule has 0 aliphatic carbocycles. The highest BCUT2D eigenvalue weighted by atomic mass is 32.2. The number of halogens is 1. The molecule has 0 spiro atoms. The number of nitrogens with zero attached hydrogens (tertiary/aromatic N) is 1. The molecule has 1 aromatic heterocycles. The van der Waals surface area contributed by atoms with Gasteiger partial charge >= 0.3 is 0 Å². The fourth-order valence-electron chi connectivity index (χ4n) is 2.89. The largest absolute Gasteiger partial charge is 0.497 e. The van der Waals surface area contributed by atoms with E-state index in [1.165, 1.54) is 12.1 Å². The summed E-state index contributed by atoms with van der Waals surface area (Å²) in [6.07, 6.45) is 1.88. The minimum Gasteiger partial charge on any atom is -0.497 e. The molecule has 0 bridgehead atoms. The van der Waals surface area contributed by atoms with Crippen LogP contribution in [0.2, 0.25) is 0 Å². The molecule has 0 fully saturated rings. The first-order chi connectivity index (χ1) is 11.8. The standard InChI is InChI=1S/C18H19FN2O3S/c1-12-8-14(19)4-7-18(12)25(22,23)20-10-13-11-21(2)17-6-5-15(24-3)9-16(13)17/h4-9,11,20H,10H2,1-3H3. The Morgan fingerprint density at radius 2 is 1.96 bits per heavy atom. The van der Waals surface area contributed by atoms with E-state index in [4.69, 9.17) is 4.74 Å². The Kier molecular flexibility index (Phi) is 4.53. The van der Waals surface area contributed by atoms with E-state index in [9.17, 15) is 12.8 Å². The van der Waals surface area contributed by atoms with Crippen LogP contribution >= 0.6 is 0 Å². The average molecular weight is 362 g/mol. The molecule has 5 nitrogen and oxygen atoms in total. The van der Waals surface area contributed by atoms with Crippen molar-refractivity contribution in [1.29, 1.82) is 0 Å². The van der Waals surface area contributed by atoms with Crippen LogP contribution in [0.15, 0.2) is 47.5 Å². The lowest BCUT2D eigenvalue weighted by Gasteiger charge is -2.09. The topological polar surface area (TPSA) is 60.3 Å². The number of methoxy groups -OCH3 is 1. The lowest BCUT2D eigenvalue weighted by Crippen LogP contribution is -2.24. The number of hydrogen-bond acceptors (Lipinski definition) is 3. The van der Waals surface area contributed by atoms with Crippen molar-refractivity contribution in [3.05, 3.63) is 59.5 Å². The number of aryl methyl sites for hydroxylation is 2. The molecule has 0 atom stereocenters. The Hall–Kier alpha value is -2.38. The Balaban J connectivity index is 1.91. The van der Waals surface area contributed by atoms with Crippen LogP contribution in [0.5, 0.6) is 5.75 Å². The monoisotopic (exact) mass is 362 g/mol. The molecule has 132 valence electrons. The second-order valence-corrected chi connectivity index (χ2v) is 7.62. The van der Waals surface area contributed by atoms with Gasteiger partial charge in [-0.2, -0.15) is 0 Å². The van der Waals surface area contributed by atoms with E-state index < -0.39 is 15.8 Å². The van der Waals surface area contributed by atoms with E-state index >= 15 is 0 Å². The van der Waals surface area contributed by atoms with Gasteiger partial charge in [-0.3, -0.25) is 0 Å². The van der Waals surface area contributed by atoms with Gasteiger partial charge in [-0.25, -0.2) is 17.5 Å². The van der Waals surface area contributed by atoms with Gasteiger partial charge in [-0.05, 0) is 54.4 Å².